The maximum absolute atomic E-state index is 12.8. The minimum Gasteiger partial charge on any atom is -0.383 e. The van der Waals surface area contributed by atoms with Crippen LogP contribution in [0.2, 0.25) is 0 Å². The number of hydrogen-bond donors (Lipinski definition) is 1. The highest BCUT2D eigenvalue weighted by atomic mass is 19.4. The van der Waals surface area contributed by atoms with Crippen LogP contribution in [-0.2, 0) is 13.2 Å². The number of anilines is 1. The summed E-state index contributed by atoms with van der Waals surface area (Å²) >= 11 is 0. The lowest BCUT2D eigenvalue weighted by atomic mass is 10.1. The van der Waals surface area contributed by atoms with Gasteiger partial charge in [0.1, 0.15) is 11.6 Å². The van der Waals surface area contributed by atoms with Crippen molar-refractivity contribution >= 4 is 5.82 Å². The molecule has 3 aliphatic rings. The molecule has 2 unspecified atom stereocenters. The van der Waals surface area contributed by atoms with Crippen molar-refractivity contribution in [3.05, 3.63) is 29.8 Å². The van der Waals surface area contributed by atoms with E-state index in [1.807, 2.05) is 16.5 Å². The van der Waals surface area contributed by atoms with E-state index in [1.165, 1.54) is 12.6 Å². The van der Waals surface area contributed by atoms with E-state index in [-0.39, 0.29) is 6.54 Å². The Morgan fingerprint density at radius 1 is 1.20 bits per heavy atom. The first-order chi connectivity index (χ1) is 14.1. The molecule has 2 atom stereocenters. The molecule has 0 aromatic carbocycles. The smallest absolute Gasteiger partial charge is 0.383 e. The van der Waals surface area contributed by atoms with Crippen molar-refractivity contribution in [2.75, 3.05) is 25.4 Å². The van der Waals surface area contributed by atoms with E-state index in [0.717, 1.165) is 49.7 Å². The summed E-state index contributed by atoms with van der Waals surface area (Å²) in [6, 6.07) is 1.00. The molecule has 2 aromatic heterocycles. The Hall–Kier alpha value is -2.23. The van der Waals surface area contributed by atoms with Crippen LogP contribution in [0.1, 0.15) is 36.6 Å². The number of alkyl halides is 5. The van der Waals surface area contributed by atoms with Crippen LogP contribution in [0.3, 0.4) is 0 Å². The van der Waals surface area contributed by atoms with Gasteiger partial charge in [-0.3, -0.25) is 4.90 Å². The lowest BCUT2D eigenvalue weighted by molar-refractivity contribution is -0.137. The molecule has 3 fully saturated rings. The number of rotatable bonds is 4. The fourth-order valence-electron chi connectivity index (χ4n) is 4.02. The number of hydrogen-bond acceptors (Lipinski definition) is 4. The van der Waals surface area contributed by atoms with Gasteiger partial charge in [-0.2, -0.15) is 13.2 Å². The molecule has 5 rings (SSSR count). The Bertz CT molecular complexity index is 895. The number of fused-ring (bicyclic) bond motifs is 1. The second-order valence-electron chi connectivity index (χ2n) is 8.39. The third-order valence-electron chi connectivity index (χ3n) is 5.83. The van der Waals surface area contributed by atoms with Gasteiger partial charge in [0, 0.05) is 44.0 Å². The highest BCUT2D eigenvalue weighted by molar-refractivity contribution is 5.62. The third kappa shape index (κ3) is 4.74. The molecular weight excluding hydrogens is 405 g/mol. The van der Waals surface area contributed by atoms with E-state index < -0.39 is 24.0 Å². The van der Waals surface area contributed by atoms with Crippen LogP contribution in [0.25, 0.3) is 11.3 Å². The number of piperidine rings is 1. The van der Waals surface area contributed by atoms with Crippen LogP contribution in [0.5, 0.6) is 0 Å². The highest BCUT2D eigenvalue weighted by Crippen LogP contribution is 2.45. The predicted octanol–water partition coefficient (Wildman–Crippen LogP) is 4.16. The molecule has 0 amide bonds. The van der Waals surface area contributed by atoms with Gasteiger partial charge in [-0.1, -0.05) is 0 Å². The Balaban J connectivity index is 0.000000181. The van der Waals surface area contributed by atoms with Crippen LogP contribution < -0.4 is 5.73 Å². The average molecular weight is 429 g/mol. The number of nitrogen functional groups attached to an aromatic ring is 1. The van der Waals surface area contributed by atoms with Crippen molar-refractivity contribution in [3.8, 4) is 11.3 Å². The summed E-state index contributed by atoms with van der Waals surface area (Å²) in [6.45, 7) is 1.84. The molecule has 10 heteroatoms. The summed E-state index contributed by atoms with van der Waals surface area (Å²) in [5.41, 5.74) is 5.19. The van der Waals surface area contributed by atoms with Crippen molar-refractivity contribution in [2.24, 2.45) is 18.9 Å². The van der Waals surface area contributed by atoms with E-state index in [4.69, 9.17) is 5.73 Å². The SMILES string of the molecule is Cn1cc(-c2cnc(N)c(C(F)(F)F)c2)nc1C1CC1.FC(F)CN1CC2CC2C1. The van der Waals surface area contributed by atoms with E-state index in [9.17, 15) is 22.0 Å². The number of likely N-dealkylation sites (tertiary alicyclic amines) is 1. The number of halogens is 5. The van der Waals surface area contributed by atoms with E-state index >= 15 is 0 Å². The Morgan fingerprint density at radius 3 is 2.43 bits per heavy atom. The van der Waals surface area contributed by atoms with Crippen molar-refractivity contribution in [3.63, 3.8) is 0 Å². The molecule has 2 N–H and O–H groups in total. The summed E-state index contributed by atoms with van der Waals surface area (Å²) in [6.07, 6.45) is -0.153. The quantitative estimate of drug-likeness (QED) is 0.742. The Morgan fingerprint density at radius 2 is 1.87 bits per heavy atom. The molecule has 3 heterocycles. The summed E-state index contributed by atoms with van der Waals surface area (Å²) in [7, 11) is 1.85. The summed E-state index contributed by atoms with van der Waals surface area (Å²) in [4.78, 5) is 9.92. The molecule has 0 bridgehead atoms. The van der Waals surface area contributed by atoms with E-state index in [1.54, 1.807) is 6.20 Å². The number of nitrogens with zero attached hydrogens (tertiary/aromatic N) is 4. The van der Waals surface area contributed by atoms with Crippen LogP contribution in [0.15, 0.2) is 18.5 Å². The molecule has 30 heavy (non-hydrogen) atoms. The zero-order valence-electron chi connectivity index (χ0n) is 16.5. The number of pyridine rings is 1. The maximum Gasteiger partial charge on any atom is 0.419 e. The van der Waals surface area contributed by atoms with Crippen LogP contribution in [0, 0.1) is 11.8 Å². The number of aryl methyl sites for hydroxylation is 1. The molecule has 1 aliphatic heterocycles. The topological polar surface area (TPSA) is 60.0 Å². The fraction of sp³-hybridized carbons (Fsp3) is 0.600. The first-order valence-electron chi connectivity index (χ1n) is 9.98. The molecule has 1 saturated heterocycles. The number of imidazole rings is 1. The zero-order chi connectivity index (χ0) is 21.6. The predicted molar refractivity (Wildman–Crippen MR) is 102 cm³/mol. The lowest BCUT2D eigenvalue weighted by Gasteiger charge is -2.15. The minimum absolute atomic E-state index is 0.00694. The van der Waals surface area contributed by atoms with Crippen molar-refractivity contribution in [2.45, 2.75) is 37.8 Å². The van der Waals surface area contributed by atoms with Gasteiger partial charge in [0.25, 0.3) is 6.43 Å². The number of nitrogens with two attached hydrogens (primary N) is 1. The first-order valence-corrected chi connectivity index (χ1v) is 9.98. The molecule has 5 nitrogen and oxygen atoms in total. The van der Waals surface area contributed by atoms with Crippen LogP contribution in [-0.4, -0.2) is 45.5 Å². The largest absolute Gasteiger partial charge is 0.419 e. The normalized spacial score (nSPS) is 23.3. The fourth-order valence-corrected chi connectivity index (χ4v) is 4.02. The molecule has 164 valence electrons. The summed E-state index contributed by atoms with van der Waals surface area (Å²) in [5.74, 6) is 2.38. The molecule has 2 aliphatic carbocycles. The van der Waals surface area contributed by atoms with Crippen molar-refractivity contribution in [1.82, 2.24) is 19.4 Å². The first kappa shape index (κ1) is 21.0. The van der Waals surface area contributed by atoms with Gasteiger partial charge in [0.05, 0.1) is 17.8 Å². The van der Waals surface area contributed by atoms with Crippen LogP contribution in [0.4, 0.5) is 27.8 Å². The Kier molecular flexibility index (Phi) is 5.46. The van der Waals surface area contributed by atoms with Gasteiger partial charge in [-0.25, -0.2) is 18.7 Å². The second kappa shape index (κ2) is 7.79. The second-order valence-corrected chi connectivity index (χ2v) is 8.39. The minimum atomic E-state index is -4.51. The van der Waals surface area contributed by atoms with Gasteiger partial charge >= 0.3 is 6.18 Å². The van der Waals surface area contributed by atoms with E-state index in [0.29, 0.717) is 17.2 Å². The van der Waals surface area contributed by atoms with Crippen LogP contribution >= 0.6 is 0 Å². The highest BCUT2D eigenvalue weighted by Gasteiger charge is 2.45. The molecule has 2 saturated carbocycles. The average Bonchev–Trinajstić information content (AvgIpc) is 3.55. The molecule has 0 radical (unpaired) electrons. The monoisotopic (exact) mass is 429 g/mol. The zero-order valence-corrected chi connectivity index (χ0v) is 16.5. The van der Waals surface area contributed by atoms with E-state index in [2.05, 4.69) is 9.97 Å². The summed E-state index contributed by atoms with van der Waals surface area (Å²) in [5, 5.41) is 0. The standard InChI is InChI=1S/C13H13F3N4.C7H11F2N/c1-20-6-10(19-12(20)7-2-3-7)8-4-9(13(14,15)16)11(17)18-5-8;8-7(9)4-10-2-5-1-6(5)3-10/h4-7H,2-3H2,1H3,(H2,17,18);5-7H,1-4H2. The summed E-state index contributed by atoms with van der Waals surface area (Å²) < 4.78 is 63.9. The van der Waals surface area contributed by atoms with Gasteiger partial charge in [0.15, 0.2) is 0 Å². The van der Waals surface area contributed by atoms with Crippen molar-refractivity contribution in [1.29, 1.82) is 0 Å². The molecule has 2 aromatic rings. The molecular formula is C20H24F5N5. The van der Waals surface area contributed by atoms with Gasteiger partial charge < -0.3 is 10.3 Å². The third-order valence-corrected chi connectivity index (χ3v) is 5.83. The lowest BCUT2D eigenvalue weighted by Crippen LogP contribution is -2.28. The maximum atomic E-state index is 12.8. The number of aromatic nitrogens is 3. The van der Waals surface area contributed by atoms with Gasteiger partial charge in [-0.15, -0.1) is 0 Å². The van der Waals surface area contributed by atoms with Crippen molar-refractivity contribution < 1.29 is 22.0 Å². The van der Waals surface area contributed by atoms with Gasteiger partial charge in [0.2, 0.25) is 0 Å². The Labute approximate surface area is 171 Å². The van der Waals surface area contributed by atoms with Gasteiger partial charge in [-0.05, 0) is 37.2 Å². The molecule has 0 spiro atoms.